The third kappa shape index (κ3) is 2.39. The third-order valence-corrected chi connectivity index (χ3v) is 4.31. The molecule has 0 aliphatic carbocycles. The summed E-state index contributed by atoms with van der Waals surface area (Å²) in [6.07, 6.45) is 3.34. The first-order valence-corrected chi connectivity index (χ1v) is 7.59. The number of nitrogens with zero attached hydrogens (tertiary/aromatic N) is 2. The number of hydrogen-bond donors (Lipinski definition) is 0. The van der Waals surface area contributed by atoms with Crippen LogP contribution in [0.4, 0.5) is 5.82 Å². The van der Waals surface area contributed by atoms with Gasteiger partial charge < -0.3 is 4.90 Å². The molecule has 0 amide bonds. The highest BCUT2D eigenvalue weighted by atomic mass is 15.2. The van der Waals surface area contributed by atoms with Gasteiger partial charge in [0.1, 0.15) is 5.82 Å². The van der Waals surface area contributed by atoms with Crippen LogP contribution in [0.25, 0.3) is 10.8 Å². The van der Waals surface area contributed by atoms with Crippen molar-refractivity contribution < 1.29 is 0 Å². The highest BCUT2D eigenvalue weighted by Crippen LogP contribution is 2.31. The van der Waals surface area contributed by atoms with E-state index in [0.29, 0.717) is 0 Å². The molecule has 0 unspecified atom stereocenters. The van der Waals surface area contributed by atoms with E-state index in [1.54, 1.807) is 0 Å². The maximum Gasteiger partial charge on any atom is 0.129 e. The Kier molecular flexibility index (Phi) is 3.19. The second kappa shape index (κ2) is 4.76. The van der Waals surface area contributed by atoms with Gasteiger partial charge in [-0.25, -0.2) is 4.98 Å². The molecule has 1 aromatic carbocycles. The summed E-state index contributed by atoms with van der Waals surface area (Å²) < 4.78 is 0. The van der Waals surface area contributed by atoms with Crippen LogP contribution >= 0.6 is 0 Å². The molecule has 0 radical (unpaired) electrons. The van der Waals surface area contributed by atoms with Crippen molar-refractivity contribution in [3.8, 4) is 0 Å². The van der Waals surface area contributed by atoms with Crippen LogP contribution in [0.15, 0.2) is 30.5 Å². The predicted molar refractivity (Wildman–Crippen MR) is 86.4 cm³/mol. The van der Waals surface area contributed by atoms with Crippen molar-refractivity contribution in [3.05, 3.63) is 36.0 Å². The topological polar surface area (TPSA) is 16.1 Å². The molecule has 0 saturated carbocycles. The van der Waals surface area contributed by atoms with Crippen LogP contribution in [-0.2, 0) is 5.41 Å². The maximum atomic E-state index is 4.72. The largest absolute Gasteiger partial charge is 0.356 e. The lowest BCUT2D eigenvalue weighted by Crippen LogP contribution is -2.20. The zero-order valence-electron chi connectivity index (χ0n) is 13.0. The van der Waals surface area contributed by atoms with Crippen LogP contribution in [0, 0.1) is 5.92 Å². The quantitative estimate of drug-likeness (QED) is 0.763. The molecule has 1 fully saturated rings. The van der Waals surface area contributed by atoms with Crippen molar-refractivity contribution in [3.63, 3.8) is 0 Å². The molecule has 2 nitrogen and oxygen atoms in total. The number of anilines is 1. The van der Waals surface area contributed by atoms with E-state index in [1.165, 1.54) is 22.8 Å². The molecule has 0 spiro atoms. The molecule has 106 valence electrons. The smallest absolute Gasteiger partial charge is 0.129 e. The first-order chi connectivity index (χ1) is 9.45. The second-order valence-electron chi connectivity index (χ2n) is 7.16. The molecule has 20 heavy (non-hydrogen) atoms. The lowest BCUT2D eigenvalue weighted by Gasteiger charge is -2.22. The van der Waals surface area contributed by atoms with E-state index in [2.05, 4.69) is 63.1 Å². The average molecular weight is 268 g/mol. The molecule has 1 saturated heterocycles. The number of fused-ring (bicyclic) bond motifs is 1. The van der Waals surface area contributed by atoms with E-state index in [1.807, 2.05) is 0 Å². The Morgan fingerprint density at radius 3 is 2.70 bits per heavy atom. The molecule has 3 rings (SSSR count). The fraction of sp³-hybridized carbons (Fsp3) is 0.500. The van der Waals surface area contributed by atoms with Crippen LogP contribution in [0.1, 0.15) is 39.7 Å². The predicted octanol–water partition coefficient (Wildman–Crippen LogP) is 4.38. The molecule has 1 atom stereocenters. The first kappa shape index (κ1) is 13.4. The zero-order valence-corrected chi connectivity index (χ0v) is 13.0. The minimum atomic E-state index is 0.158. The summed E-state index contributed by atoms with van der Waals surface area (Å²) in [4.78, 5) is 7.13. The van der Waals surface area contributed by atoms with Crippen LogP contribution in [0.5, 0.6) is 0 Å². The number of hydrogen-bond acceptors (Lipinski definition) is 2. The molecule has 1 aliphatic rings. The SMILES string of the molecule is C[C@@H]1CCN(c2cc3cccc(C(C)(C)C)c3cn2)C1. The third-order valence-electron chi connectivity index (χ3n) is 4.31. The van der Waals surface area contributed by atoms with Gasteiger partial charge in [-0.3, -0.25) is 0 Å². The summed E-state index contributed by atoms with van der Waals surface area (Å²) in [7, 11) is 0. The van der Waals surface area contributed by atoms with Gasteiger partial charge in [-0.15, -0.1) is 0 Å². The number of benzene rings is 1. The standard InChI is InChI=1S/C18H24N2/c1-13-8-9-20(12-13)17-10-14-6-5-7-16(18(2,3)4)15(14)11-19-17/h5-7,10-11,13H,8-9,12H2,1-4H3/t13-/m1/s1. The highest BCUT2D eigenvalue weighted by Gasteiger charge is 2.21. The number of pyridine rings is 1. The van der Waals surface area contributed by atoms with Gasteiger partial charge in [0.05, 0.1) is 0 Å². The fourth-order valence-electron chi connectivity index (χ4n) is 3.13. The Hall–Kier alpha value is -1.57. The minimum absolute atomic E-state index is 0.158. The van der Waals surface area contributed by atoms with E-state index in [4.69, 9.17) is 4.98 Å². The van der Waals surface area contributed by atoms with E-state index >= 15 is 0 Å². The summed E-state index contributed by atoms with van der Waals surface area (Å²) in [6.45, 7) is 11.4. The molecule has 0 bridgehead atoms. The Balaban J connectivity index is 2.05. The molecule has 2 heterocycles. The molecular weight excluding hydrogens is 244 g/mol. The molecule has 1 aromatic heterocycles. The van der Waals surface area contributed by atoms with Crippen molar-refractivity contribution >= 4 is 16.6 Å². The summed E-state index contributed by atoms with van der Waals surface area (Å²) >= 11 is 0. The van der Waals surface area contributed by atoms with Gasteiger partial charge in [0.25, 0.3) is 0 Å². The van der Waals surface area contributed by atoms with Crippen LogP contribution in [0.3, 0.4) is 0 Å². The average Bonchev–Trinajstić information content (AvgIpc) is 2.83. The van der Waals surface area contributed by atoms with Gasteiger partial charge in [-0.1, -0.05) is 45.9 Å². The molecule has 1 aliphatic heterocycles. The Bertz CT molecular complexity index is 625. The van der Waals surface area contributed by atoms with Crippen LogP contribution in [0.2, 0.25) is 0 Å². The van der Waals surface area contributed by atoms with Crippen molar-refractivity contribution in [1.29, 1.82) is 0 Å². The Morgan fingerprint density at radius 1 is 1.25 bits per heavy atom. The maximum absolute atomic E-state index is 4.72. The number of rotatable bonds is 1. The van der Waals surface area contributed by atoms with Gasteiger partial charge in [0, 0.05) is 24.7 Å². The fourth-order valence-corrected chi connectivity index (χ4v) is 3.13. The summed E-state index contributed by atoms with van der Waals surface area (Å²) in [5.41, 5.74) is 1.54. The second-order valence-corrected chi connectivity index (χ2v) is 7.16. The summed E-state index contributed by atoms with van der Waals surface area (Å²) in [6, 6.07) is 8.85. The Labute approximate surface area is 121 Å². The van der Waals surface area contributed by atoms with Gasteiger partial charge >= 0.3 is 0 Å². The summed E-state index contributed by atoms with van der Waals surface area (Å²) in [5.74, 6) is 1.92. The lowest BCUT2D eigenvalue weighted by molar-refractivity contribution is 0.596. The summed E-state index contributed by atoms with van der Waals surface area (Å²) in [5, 5.41) is 2.60. The molecule has 2 heteroatoms. The van der Waals surface area contributed by atoms with Crippen molar-refractivity contribution in [1.82, 2.24) is 4.98 Å². The molecule has 0 N–H and O–H groups in total. The van der Waals surface area contributed by atoms with Crippen molar-refractivity contribution in [2.45, 2.75) is 39.5 Å². The molecular formula is C18H24N2. The van der Waals surface area contributed by atoms with Crippen molar-refractivity contribution in [2.24, 2.45) is 5.92 Å². The molecule has 2 aromatic rings. The van der Waals surface area contributed by atoms with Gasteiger partial charge in [0.2, 0.25) is 0 Å². The van der Waals surface area contributed by atoms with E-state index in [0.717, 1.165) is 24.8 Å². The lowest BCUT2D eigenvalue weighted by atomic mass is 9.84. The highest BCUT2D eigenvalue weighted by molar-refractivity contribution is 5.87. The van der Waals surface area contributed by atoms with Gasteiger partial charge in [0.15, 0.2) is 0 Å². The zero-order chi connectivity index (χ0) is 14.3. The first-order valence-electron chi connectivity index (χ1n) is 7.59. The van der Waals surface area contributed by atoms with E-state index in [9.17, 15) is 0 Å². The van der Waals surface area contributed by atoms with Crippen molar-refractivity contribution in [2.75, 3.05) is 18.0 Å². The van der Waals surface area contributed by atoms with Gasteiger partial charge in [-0.05, 0) is 34.8 Å². The van der Waals surface area contributed by atoms with E-state index < -0.39 is 0 Å². The monoisotopic (exact) mass is 268 g/mol. The number of aromatic nitrogens is 1. The van der Waals surface area contributed by atoms with Crippen LogP contribution < -0.4 is 4.90 Å². The van der Waals surface area contributed by atoms with E-state index in [-0.39, 0.29) is 5.41 Å². The minimum Gasteiger partial charge on any atom is -0.356 e. The van der Waals surface area contributed by atoms with Gasteiger partial charge in [-0.2, -0.15) is 0 Å². The normalized spacial score (nSPS) is 19.8. The van der Waals surface area contributed by atoms with Crippen LogP contribution in [-0.4, -0.2) is 18.1 Å². The Morgan fingerprint density at radius 2 is 2.05 bits per heavy atom.